The molecule has 0 saturated carbocycles. The normalized spacial score (nSPS) is 9.90. The summed E-state index contributed by atoms with van der Waals surface area (Å²) < 4.78 is 1.01. The maximum absolute atomic E-state index is 12.3. The van der Waals surface area contributed by atoms with E-state index in [4.69, 9.17) is 5.26 Å². The first-order chi connectivity index (χ1) is 10.2. The summed E-state index contributed by atoms with van der Waals surface area (Å²) in [6.45, 7) is 0.0593. The molecule has 0 radical (unpaired) electrons. The van der Waals surface area contributed by atoms with E-state index in [-0.39, 0.29) is 12.5 Å². The van der Waals surface area contributed by atoms with Gasteiger partial charge in [-0.3, -0.25) is 9.69 Å². The van der Waals surface area contributed by atoms with Crippen molar-refractivity contribution in [1.29, 1.82) is 5.26 Å². The molecule has 5 heteroatoms. The van der Waals surface area contributed by atoms with E-state index in [9.17, 15) is 4.79 Å². The van der Waals surface area contributed by atoms with E-state index >= 15 is 0 Å². The molecule has 0 N–H and O–H groups in total. The Morgan fingerprint density at radius 3 is 2.43 bits per heavy atom. The van der Waals surface area contributed by atoms with Gasteiger partial charge in [0.05, 0.1) is 11.8 Å². The van der Waals surface area contributed by atoms with Crippen molar-refractivity contribution in [2.45, 2.75) is 4.90 Å². The lowest BCUT2D eigenvalue weighted by molar-refractivity contribution is -0.116. The lowest BCUT2D eigenvalue weighted by Gasteiger charge is -2.19. The third-order valence-corrected chi connectivity index (χ3v) is 4.30. The molecule has 2 aromatic carbocycles. The van der Waals surface area contributed by atoms with Crippen molar-refractivity contribution in [2.75, 3.05) is 17.2 Å². The van der Waals surface area contributed by atoms with Crippen molar-refractivity contribution < 1.29 is 4.79 Å². The predicted molar refractivity (Wildman–Crippen MR) is 89.3 cm³/mol. The molecular weight excluding hydrogens is 348 g/mol. The Morgan fingerprint density at radius 1 is 1.14 bits per heavy atom. The van der Waals surface area contributed by atoms with Gasteiger partial charge in [0.1, 0.15) is 6.54 Å². The minimum Gasteiger partial charge on any atom is -0.298 e. The van der Waals surface area contributed by atoms with Crippen LogP contribution in [-0.2, 0) is 4.79 Å². The molecule has 2 aromatic rings. The molecule has 0 aliphatic carbocycles. The first kappa shape index (κ1) is 15.6. The molecule has 0 fully saturated rings. The van der Waals surface area contributed by atoms with E-state index in [1.54, 1.807) is 0 Å². The summed E-state index contributed by atoms with van der Waals surface area (Å²) in [5.74, 6) is 0.230. The number of anilines is 1. The van der Waals surface area contributed by atoms with E-state index in [0.29, 0.717) is 5.75 Å². The average Bonchev–Trinajstić information content (AvgIpc) is 2.52. The molecular formula is C16H13BrN2OS. The fourth-order valence-electron chi connectivity index (χ4n) is 1.76. The molecule has 0 atom stereocenters. The second-order valence-corrected chi connectivity index (χ2v) is 6.18. The monoisotopic (exact) mass is 360 g/mol. The van der Waals surface area contributed by atoms with E-state index < -0.39 is 0 Å². The summed E-state index contributed by atoms with van der Waals surface area (Å²) in [5.41, 5.74) is 0.750. The molecule has 0 spiro atoms. The lowest BCUT2D eigenvalue weighted by Crippen LogP contribution is -2.32. The summed E-state index contributed by atoms with van der Waals surface area (Å²) in [4.78, 5) is 14.8. The molecule has 0 bridgehead atoms. The molecule has 21 heavy (non-hydrogen) atoms. The quantitative estimate of drug-likeness (QED) is 0.595. The summed E-state index contributed by atoms with van der Waals surface area (Å²) in [5, 5.41) is 8.91. The van der Waals surface area contributed by atoms with Gasteiger partial charge in [0.15, 0.2) is 0 Å². The largest absolute Gasteiger partial charge is 0.298 e. The first-order valence-corrected chi connectivity index (χ1v) is 8.09. The highest BCUT2D eigenvalue weighted by molar-refractivity contribution is 9.10. The standard InChI is InChI=1S/C16H13BrN2OS/c17-13-6-8-15(9-7-13)21-12-16(20)19(11-10-18)14-4-2-1-3-5-14/h1-9H,11-12H2. The Balaban J connectivity index is 2.02. The molecule has 0 heterocycles. The van der Waals surface area contributed by atoms with Crippen LogP contribution in [0.5, 0.6) is 0 Å². The molecule has 2 rings (SSSR count). The van der Waals surface area contributed by atoms with Gasteiger partial charge in [-0.05, 0) is 36.4 Å². The molecule has 106 valence electrons. The molecule has 0 aliphatic heterocycles. The van der Waals surface area contributed by atoms with E-state index in [1.165, 1.54) is 16.7 Å². The molecule has 0 unspecified atom stereocenters. The van der Waals surface area contributed by atoms with Gasteiger partial charge >= 0.3 is 0 Å². The minimum atomic E-state index is -0.0735. The van der Waals surface area contributed by atoms with Crippen molar-refractivity contribution in [1.82, 2.24) is 0 Å². The Labute approximate surface area is 136 Å². The van der Waals surface area contributed by atoms with Crippen LogP contribution in [0.1, 0.15) is 0 Å². The van der Waals surface area contributed by atoms with Gasteiger partial charge < -0.3 is 0 Å². The van der Waals surface area contributed by atoms with Crippen molar-refractivity contribution in [3.8, 4) is 6.07 Å². The van der Waals surface area contributed by atoms with Gasteiger partial charge in [-0.1, -0.05) is 34.1 Å². The van der Waals surface area contributed by atoms with Crippen LogP contribution in [0.25, 0.3) is 0 Å². The SMILES string of the molecule is N#CCN(C(=O)CSc1ccc(Br)cc1)c1ccccc1. The van der Waals surface area contributed by atoms with Crippen molar-refractivity contribution >= 4 is 39.3 Å². The number of hydrogen-bond donors (Lipinski definition) is 0. The number of thioether (sulfide) groups is 1. The third kappa shape index (κ3) is 4.62. The zero-order chi connectivity index (χ0) is 15.1. The smallest absolute Gasteiger partial charge is 0.238 e. The molecule has 0 aromatic heterocycles. The average molecular weight is 361 g/mol. The molecule has 0 aliphatic rings. The van der Waals surface area contributed by atoms with Crippen LogP contribution in [-0.4, -0.2) is 18.2 Å². The number of nitriles is 1. The minimum absolute atomic E-state index is 0.0593. The van der Waals surface area contributed by atoms with E-state index in [0.717, 1.165) is 15.1 Å². The number of nitrogens with zero attached hydrogens (tertiary/aromatic N) is 2. The van der Waals surface area contributed by atoms with Crippen LogP contribution < -0.4 is 4.90 Å². The van der Waals surface area contributed by atoms with Crippen molar-refractivity contribution in [2.24, 2.45) is 0 Å². The second-order valence-electron chi connectivity index (χ2n) is 4.22. The van der Waals surface area contributed by atoms with Gasteiger partial charge in [-0.2, -0.15) is 5.26 Å². The number of carbonyl (C=O) groups excluding carboxylic acids is 1. The zero-order valence-corrected chi connectivity index (χ0v) is 13.6. The summed E-state index contributed by atoms with van der Waals surface area (Å²) in [6, 6.07) is 19.1. The number of para-hydroxylation sites is 1. The van der Waals surface area contributed by atoms with Gasteiger partial charge in [0.2, 0.25) is 5.91 Å². The Kier molecular flexibility index (Phi) is 5.85. The highest BCUT2D eigenvalue weighted by Gasteiger charge is 2.15. The van der Waals surface area contributed by atoms with Gasteiger partial charge in [0, 0.05) is 15.1 Å². The van der Waals surface area contributed by atoms with E-state index in [1.807, 2.05) is 60.7 Å². The number of halogens is 1. The van der Waals surface area contributed by atoms with Crippen LogP contribution in [0.15, 0.2) is 64.0 Å². The fraction of sp³-hybridized carbons (Fsp3) is 0.125. The van der Waals surface area contributed by atoms with Crippen molar-refractivity contribution in [3.05, 3.63) is 59.1 Å². The lowest BCUT2D eigenvalue weighted by atomic mass is 10.3. The molecule has 0 saturated heterocycles. The van der Waals surface area contributed by atoms with E-state index in [2.05, 4.69) is 15.9 Å². The molecule has 1 amide bonds. The highest BCUT2D eigenvalue weighted by Crippen LogP contribution is 2.22. The number of hydrogen-bond acceptors (Lipinski definition) is 3. The number of carbonyl (C=O) groups is 1. The van der Waals surface area contributed by atoms with Crippen LogP contribution in [0.4, 0.5) is 5.69 Å². The summed E-state index contributed by atoms with van der Waals surface area (Å²) in [7, 11) is 0. The summed E-state index contributed by atoms with van der Waals surface area (Å²) in [6.07, 6.45) is 0. The van der Waals surface area contributed by atoms with Crippen LogP contribution in [0, 0.1) is 11.3 Å². The van der Waals surface area contributed by atoms with Gasteiger partial charge in [0.25, 0.3) is 0 Å². The number of rotatable bonds is 5. The third-order valence-electron chi connectivity index (χ3n) is 2.77. The van der Waals surface area contributed by atoms with Crippen molar-refractivity contribution in [3.63, 3.8) is 0 Å². The first-order valence-electron chi connectivity index (χ1n) is 6.31. The van der Waals surface area contributed by atoms with Gasteiger partial charge in [-0.25, -0.2) is 0 Å². The zero-order valence-electron chi connectivity index (χ0n) is 11.2. The summed E-state index contributed by atoms with van der Waals surface area (Å²) >= 11 is 4.84. The Bertz CT molecular complexity index is 638. The second kappa shape index (κ2) is 7.87. The van der Waals surface area contributed by atoms with Gasteiger partial charge in [-0.15, -0.1) is 11.8 Å². The molecule has 3 nitrogen and oxygen atoms in total. The maximum atomic E-state index is 12.3. The maximum Gasteiger partial charge on any atom is 0.238 e. The number of benzene rings is 2. The Hall–Kier alpha value is -1.77. The Morgan fingerprint density at radius 2 is 1.81 bits per heavy atom. The number of amides is 1. The predicted octanol–water partition coefficient (Wildman–Crippen LogP) is 4.10. The fourth-order valence-corrected chi connectivity index (χ4v) is 2.79. The topological polar surface area (TPSA) is 44.1 Å². The van der Waals surface area contributed by atoms with Crippen LogP contribution >= 0.6 is 27.7 Å². The van der Waals surface area contributed by atoms with Crippen LogP contribution in [0.3, 0.4) is 0 Å². The highest BCUT2D eigenvalue weighted by atomic mass is 79.9. The van der Waals surface area contributed by atoms with Crippen LogP contribution in [0.2, 0.25) is 0 Å².